The molecule has 1 unspecified atom stereocenters. The predicted molar refractivity (Wildman–Crippen MR) is 67.5 cm³/mol. The Morgan fingerprint density at radius 3 is 2.75 bits per heavy atom. The topological polar surface area (TPSA) is 140 Å². The number of nitrogens with zero attached hydrogens (tertiary/aromatic N) is 4. The molecule has 2 aromatic heterocycles. The van der Waals surface area contributed by atoms with Gasteiger partial charge in [-0.05, 0) is 6.92 Å². The molecule has 108 valence electrons. The lowest BCUT2D eigenvalue weighted by Gasteiger charge is -2.18. The highest BCUT2D eigenvalue weighted by atomic mass is 16.6. The Bertz CT molecular complexity index is 645. The van der Waals surface area contributed by atoms with E-state index in [2.05, 4.69) is 15.0 Å². The van der Waals surface area contributed by atoms with Crippen molar-refractivity contribution in [2.45, 2.75) is 31.5 Å². The summed E-state index contributed by atoms with van der Waals surface area (Å²) in [5, 5.41) is 29.0. The SMILES string of the molecule is Cc1nc2c(N)ncnc2n1[C@@H]1O[C@H](CO)[C@H](O)C1O. The smallest absolute Gasteiger partial charge is 0.167 e. The zero-order valence-electron chi connectivity index (χ0n) is 10.7. The number of aryl methyl sites for hydroxylation is 1. The average Bonchev–Trinajstić information content (AvgIpc) is 2.90. The van der Waals surface area contributed by atoms with Gasteiger partial charge in [-0.1, -0.05) is 0 Å². The molecule has 0 aromatic carbocycles. The van der Waals surface area contributed by atoms with Crippen LogP contribution in [0.1, 0.15) is 12.1 Å². The van der Waals surface area contributed by atoms with E-state index in [1.54, 1.807) is 6.92 Å². The summed E-state index contributed by atoms with van der Waals surface area (Å²) in [4.78, 5) is 12.2. The summed E-state index contributed by atoms with van der Waals surface area (Å²) in [6.45, 7) is 1.31. The van der Waals surface area contributed by atoms with Crippen LogP contribution < -0.4 is 5.73 Å². The number of nitrogen functional groups attached to an aromatic ring is 1. The van der Waals surface area contributed by atoms with E-state index >= 15 is 0 Å². The van der Waals surface area contributed by atoms with Gasteiger partial charge in [0.1, 0.15) is 30.5 Å². The second-order valence-corrected chi connectivity index (χ2v) is 4.69. The Morgan fingerprint density at radius 2 is 2.10 bits per heavy atom. The van der Waals surface area contributed by atoms with Crippen LogP contribution in [0.15, 0.2) is 6.33 Å². The van der Waals surface area contributed by atoms with E-state index in [0.29, 0.717) is 17.0 Å². The van der Waals surface area contributed by atoms with Gasteiger partial charge in [0.05, 0.1) is 6.61 Å². The standard InChI is InChI=1S/C11H15N5O4/c1-4-15-6-9(12)13-3-14-10(6)16(4)11-8(19)7(18)5(2-17)20-11/h3,5,7-8,11,17-19H,2H2,1H3,(H2,12,13,14)/t5-,7+,8?,11-/m1/s1. The van der Waals surface area contributed by atoms with Gasteiger partial charge in [0.2, 0.25) is 0 Å². The van der Waals surface area contributed by atoms with E-state index in [1.165, 1.54) is 10.9 Å². The van der Waals surface area contributed by atoms with Crippen molar-refractivity contribution in [1.82, 2.24) is 19.5 Å². The van der Waals surface area contributed by atoms with Gasteiger partial charge in [-0.25, -0.2) is 15.0 Å². The fourth-order valence-corrected chi connectivity index (χ4v) is 2.43. The Hall–Kier alpha value is -1.81. The van der Waals surface area contributed by atoms with Crippen molar-refractivity contribution in [3.8, 4) is 0 Å². The molecule has 9 heteroatoms. The fourth-order valence-electron chi connectivity index (χ4n) is 2.43. The molecule has 3 rings (SSSR count). The average molecular weight is 281 g/mol. The first-order valence-electron chi connectivity index (χ1n) is 6.12. The molecule has 1 saturated heterocycles. The van der Waals surface area contributed by atoms with Crippen molar-refractivity contribution >= 4 is 17.0 Å². The first-order valence-corrected chi connectivity index (χ1v) is 6.12. The maximum Gasteiger partial charge on any atom is 0.167 e. The van der Waals surface area contributed by atoms with Crippen molar-refractivity contribution in [2.24, 2.45) is 0 Å². The maximum atomic E-state index is 10.1. The number of ether oxygens (including phenoxy) is 1. The van der Waals surface area contributed by atoms with Crippen LogP contribution in [0.4, 0.5) is 5.82 Å². The molecule has 2 aromatic rings. The van der Waals surface area contributed by atoms with Crippen LogP contribution in [-0.2, 0) is 4.74 Å². The normalized spacial score (nSPS) is 30.2. The molecule has 0 amide bonds. The number of nitrogens with two attached hydrogens (primary N) is 1. The minimum Gasteiger partial charge on any atom is -0.394 e. The molecule has 20 heavy (non-hydrogen) atoms. The van der Waals surface area contributed by atoms with Crippen LogP contribution in [0.25, 0.3) is 11.2 Å². The number of fused-ring (bicyclic) bond motifs is 1. The van der Waals surface area contributed by atoms with Crippen molar-refractivity contribution in [1.29, 1.82) is 0 Å². The van der Waals surface area contributed by atoms with Gasteiger partial charge >= 0.3 is 0 Å². The number of imidazole rings is 1. The van der Waals surface area contributed by atoms with E-state index in [0.717, 1.165) is 0 Å². The van der Waals surface area contributed by atoms with E-state index in [1.807, 2.05) is 0 Å². The number of hydrogen-bond donors (Lipinski definition) is 4. The third-order valence-corrected chi connectivity index (χ3v) is 3.45. The van der Waals surface area contributed by atoms with Crippen LogP contribution in [0, 0.1) is 6.92 Å². The summed E-state index contributed by atoms with van der Waals surface area (Å²) < 4.78 is 7.02. The number of aromatic nitrogens is 4. The zero-order chi connectivity index (χ0) is 14.4. The molecule has 0 bridgehead atoms. The molecule has 0 aliphatic carbocycles. The fraction of sp³-hybridized carbons (Fsp3) is 0.545. The minimum absolute atomic E-state index is 0.226. The number of hydrogen-bond acceptors (Lipinski definition) is 8. The third-order valence-electron chi connectivity index (χ3n) is 3.45. The Balaban J connectivity index is 2.11. The van der Waals surface area contributed by atoms with E-state index in [4.69, 9.17) is 15.6 Å². The Labute approximate surface area is 113 Å². The quantitative estimate of drug-likeness (QED) is 0.512. The lowest BCUT2D eigenvalue weighted by molar-refractivity contribution is -0.0519. The highest BCUT2D eigenvalue weighted by molar-refractivity contribution is 5.81. The van der Waals surface area contributed by atoms with Gasteiger partial charge in [-0.2, -0.15) is 0 Å². The molecule has 0 saturated carbocycles. The summed E-state index contributed by atoms with van der Waals surface area (Å²) in [6, 6.07) is 0. The summed E-state index contributed by atoms with van der Waals surface area (Å²) in [7, 11) is 0. The lowest BCUT2D eigenvalue weighted by atomic mass is 10.1. The van der Waals surface area contributed by atoms with Crippen LogP contribution >= 0.6 is 0 Å². The first-order chi connectivity index (χ1) is 9.54. The van der Waals surface area contributed by atoms with Crippen LogP contribution in [0.3, 0.4) is 0 Å². The van der Waals surface area contributed by atoms with Crippen LogP contribution in [0.5, 0.6) is 0 Å². The van der Waals surface area contributed by atoms with Crippen LogP contribution in [-0.4, -0.2) is 59.8 Å². The monoisotopic (exact) mass is 281 g/mol. The van der Waals surface area contributed by atoms with Crippen molar-refractivity contribution < 1.29 is 20.1 Å². The minimum atomic E-state index is -1.19. The molecule has 9 nitrogen and oxygen atoms in total. The molecule has 1 aliphatic rings. The first kappa shape index (κ1) is 13.2. The molecule has 5 N–H and O–H groups in total. The summed E-state index contributed by atoms with van der Waals surface area (Å²) in [5.41, 5.74) is 6.55. The van der Waals surface area contributed by atoms with Crippen molar-refractivity contribution in [2.75, 3.05) is 12.3 Å². The van der Waals surface area contributed by atoms with Crippen molar-refractivity contribution in [3.05, 3.63) is 12.2 Å². The number of aliphatic hydroxyl groups is 3. The molecule has 3 heterocycles. The summed E-state index contributed by atoms with van der Waals surface area (Å²) in [5.74, 6) is 0.741. The highest BCUT2D eigenvalue weighted by Crippen LogP contribution is 2.33. The molecular formula is C11H15N5O4. The maximum absolute atomic E-state index is 10.1. The highest BCUT2D eigenvalue weighted by Gasteiger charge is 2.44. The van der Waals surface area contributed by atoms with Crippen molar-refractivity contribution in [3.63, 3.8) is 0 Å². The molecule has 1 aliphatic heterocycles. The number of anilines is 1. The predicted octanol–water partition coefficient (Wildman–Crippen LogP) is -1.67. The largest absolute Gasteiger partial charge is 0.394 e. The van der Waals surface area contributed by atoms with Gasteiger partial charge in [-0.3, -0.25) is 4.57 Å². The molecule has 4 atom stereocenters. The molecular weight excluding hydrogens is 266 g/mol. The summed E-state index contributed by atoms with van der Waals surface area (Å²) >= 11 is 0. The summed E-state index contributed by atoms with van der Waals surface area (Å²) in [6.07, 6.45) is -2.83. The Kier molecular flexibility index (Phi) is 3.05. The molecule has 0 radical (unpaired) electrons. The zero-order valence-corrected chi connectivity index (χ0v) is 10.7. The Morgan fingerprint density at radius 1 is 1.35 bits per heavy atom. The lowest BCUT2D eigenvalue weighted by Crippen LogP contribution is -2.33. The van der Waals surface area contributed by atoms with Crippen LogP contribution in [0.2, 0.25) is 0 Å². The molecule has 0 spiro atoms. The van der Waals surface area contributed by atoms with E-state index < -0.39 is 31.1 Å². The van der Waals surface area contributed by atoms with E-state index in [-0.39, 0.29) is 5.82 Å². The van der Waals surface area contributed by atoms with E-state index in [9.17, 15) is 10.2 Å². The number of rotatable bonds is 2. The third kappa shape index (κ3) is 1.75. The second kappa shape index (κ2) is 4.63. The molecule has 1 fully saturated rings. The van der Waals surface area contributed by atoms with Gasteiger partial charge in [0.15, 0.2) is 23.2 Å². The van der Waals surface area contributed by atoms with Gasteiger partial charge in [-0.15, -0.1) is 0 Å². The van der Waals surface area contributed by atoms with Gasteiger partial charge in [0, 0.05) is 0 Å². The van der Waals surface area contributed by atoms with Gasteiger partial charge in [0.25, 0.3) is 0 Å². The van der Waals surface area contributed by atoms with Gasteiger partial charge < -0.3 is 25.8 Å². The number of aliphatic hydroxyl groups excluding tert-OH is 3. The second-order valence-electron chi connectivity index (χ2n) is 4.69.